The molecule has 0 unspecified atom stereocenters. The second-order valence-electron chi connectivity index (χ2n) is 2.15. The van der Waals surface area contributed by atoms with Crippen LogP contribution in [0.2, 0.25) is 0 Å². The highest BCUT2D eigenvalue weighted by Crippen LogP contribution is 2.00. The van der Waals surface area contributed by atoms with E-state index >= 15 is 0 Å². The second-order valence-corrected chi connectivity index (χ2v) is 2.15. The van der Waals surface area contributed by atoms with Crippen molar-refractivity contribution in [3.63, 3.8) is 0 Å². The summed E-state index contributed by atoms with van der Waals surface area (Å²) in [6.45, 7) is 3.11. The van der Waals surface area contributed by atoms with Crippen LogP contribution in [0.15, 0.2) is 9.98 Å². The molecule has 1 aliphatic rings. The predicted octanol–water partition coefficient (Wildman–Crippen LogP) is 1.13. The standard InChI is InChI=1S/C6H10N2/c1-6-2-3-7-5-8-4-6/h3,5-6H,2,4H2,1H3/t6-/m0/s1. The Labute approximate surface area is 49.3 Å². The lowest BCUT2D eigenvalue weighted by molar-refractivity contribution is 0.634. The molecule has 0 aromatic carbocycles. The molecule has 1 heterocycles. The van der Waals surface area contributed by atoms with E-state index in [-0.39, 0.29) is 0 Å². The van der Waals surface area contributed by atoms with E-state index in [4.69, 9.17) is 0 Å². The molecule has 2 nitrogen and oxygen atoms in total. The van der Waals surface area contributed by atoms with E-state index in [0.717, 1.165) is 13.0 Å². The summed E-state index contributed by atoms with van der Waals surface area (Å²) in [5.41, 5.74) is 0. The van der Waals surface area contributed by atoms with Gasteiger partial charge in [0.25, 0.3) is 0 Å². The lowest BCUT2D eigenvalue weighted by Crippen LogP contribution is -1.96. The number of hydrogen-bond acceptors (Lipinski definition) is 2. The first kappa shape index (κ1) is 5.48. The van der Waals surface area contributed by atoms with Gasteiger partial charge in [0, 0.05) is 12.8 Å². The minimum atomic E-state index is 0.678. The molecule has 1 aliphatic heterocycles. The number of nitrogens with zero attached hydrogens (tertiary/aromatic N) is 2. The van der Waals surface area contributed by atoms with Gasteiger partial charge in [-0.3, -0.25) is 4.99 Å². The van der Waals surface area contributed by atoms with Gasteiger partial charge in [-0.15, -0.1) is 0 Å². The van der Waals surface area contributed by atoms with Gasteiger partial charge in [0.05, 0.1) is 0 Å². The van der Waals surface area contributed by atoms with Crippen molar-refractivity contribution in [2.24, 2.45) is 15.9 Å². The maximum absolute atomic E-state index is 4.03. The second kappa shape index (κ2) is 2.60. The first-order chi connectivity index (χ1) is 3.89. The van der Waals surface area contributed by atoms with E-state index in [0.29, 0.717) is 5.92 Å². The van der Waals surface area contributed by atoms with Gasteiger partial charge in [0.1, 0.15) is 6.34 Å². The quantitative estimate of drug-likeness (QED) is 0.446. The van der Waals surface area contributed by atoms with Gasteiger partial charge in [-0.2, -0.15) is 0 Å². The van der Waals surface area contributed by atoms with Crippen LogP contribution in [0.25, 0.3) is 0 Å². The van der Waals surface area contributed by atoms with Gasteiger partial charge in [0.15, 0.2) is 0 Å². The fourth-order valence-electron chi connectivity index (χ4n) is 0.637. The van der Waals surface area contributed by atoms with E-state index in [9.17, 15) is 0 Å². The van der Waals surface area contributed by atoms with E-state index in [2.05, 4.69) is 16.9 Å². The fraction of sp³-hybridized carbons (Fsp3) is 0.667. The van der Waals surface area contributed by atoms with Gasteiger partial charge < -0.3 is 0 Å². The summed E-state index contributed by atoms with van der Waals surface area (Å²) in [5, 5.41) is 0. The van der Waals surface area contributed by atoms with Crippen LogP contribution in [0, 0.1) is 5.92 Å². The molecule has 0 spiro atoms. The van der Waals surface area contributed by atoms with Crippen LogP contribution in [-0.2, 0) is 0 Å². The van der Waals surface area contributed by atoms with Gasteiger partial charge in [-0.25, -0.2) is 4.99 Å². The zero-order valence-electron chi connectivity index (χ0n) is 5.04. The Morgan fingerprint density at radius 2 is 2.50 bits per heavy atom. The third kappa shape index (κ3) is 1.45. The molecule has 1 rings (SSSR count). The molecule has 0 N–H and O–H groups in total. The topological polar surface area (TPSA) is 24.7 Å². The van der Waals surface area contributed by atoms with Crippen LogP contribution >= 0.6 is 0 Å². The van der Waals surface area contributed by atoms with Crippen molar-refractivity contribution in [1.82, 2.24) is 0 Å². The highest BCUT2D eigenvalue weighted by Gasteiger charge is 1.97. The zero-order chi connectivity index (χ0) is 5.82. The van der Waals surface area contributed by atoms with Crippen LogP contribution < -0.4 is 0 Å². The predicted molar refractivity (Wildman–Crippen MR) is 35.6 cm³/mol. The van der Waals surface area contributed by atoms with Crippen molar-refractivity contribution >= 4 is 12.6 Å². The van der Waals surface area contributed by atoms with Gasteiger partial charge in [-0.05, 0) is 12.3 Å². The van der Waals surface area contributed by atoms with Gasteiger partial charge >= 0.3 is 0 Å². The van der Waals surface area contributed by atoms with Crippen molar-refractivity contribution in [3.8, 4) is 0 Å². The maximum Gasteiger partial charge on any atom is 0.109 e. The van der Waals surface area contributed by atoms with E-state index < -0.39 is 0 Å². The maximum atomic E-state index is 4.03. The molecule has 44 valence electrons. The lowest BCUT2D eigenvalue weighted by Gasteiger charge is -1.98. The number of hydrogen-bond donors (Lipinski definition) is 0. The summed E-state index contributed by atoms with van der Waals surface area (Å²) < 4.78 is 0. The molecule has 0 aromatic rings. The van der Waals surface area contributed by atoms with E-state index in [1.165, 1.54) is 0 Å². The van der Waals surface area contributed by atoms with Gasteiger partial charge in [-0.1, -0.05) is 6.92 Å². The molecule has 2 heteroatoms. The molecule has 0 bridgehead atoms. The minimum Gasteiger partial charge on any atom is -0.273 e. The van der Waals surface area contributed by atoms with Crippen molar-refractivity contribution in [1.29, 1.82) is 0 Å². The number of aliphatic imine (C=N–C) groups is 2. The molecule has 0 fully saturated rings. The highest BCUT2D eigenvalue weighted by atomic mass is 14.9. The van der Waals surface area contributed by atoms with Crippen LogP contribution in [0.1, 0.15) is 13.3 Å². The number of rotatable bonds is 0. The largest absolute Gasteiger partial charge is 0.273 e. The summed E-state index contributed by atoms with van der Waals surface area (Å²) in [4.78, 5) is 7.93. The van der Waals surface area contributed by atoms with Crippen LogP contribution in [0.5, 0.6) is 0 Å². The summed E-state index contributed by atoms with van der Waals surface area (Å²) in [6.07, 6.45) is 4.62. The average molecular weight is 110 g/mol. The summed E-state index contributed by atoms with van der Waals surface area (Å²) in [7, 11) is 0. The van der Waals surface area contributed by atoms with Crippen molar-refractivity contribution in [2.45, 2.75) is 13.3 Å². The molecule has 0 aliphatic carbocycles. The molecule has 0 radical (unpaired) electrons. The Hall–Kier alpha value is -0.660. The first-order valence-corrected chi connectivity index (χ1v) is 2.89. The third-order valence-corrected chi connectivity index (χ3v) is 1.18. The molecule has 0 aromatic heterocycles. The lowest BCUT2D eigenvalue weighted by atomic mass is 10.1. The summed E-state index contributed by atoms with van der Waals surface area (Å²) >= 11 is 0. The van der Waals surface area contributed by atoms with E-state index in [1.807, 2.05) is 6.21 Å². The Kier molecular flexibility index (Phi) is 1.78. The zero-order valence-corrected chi connectivity index (χ0v) is 5.04. The summed E-state index contributed by atoms with van der Waals surface area (Å²) in [5.74, 6) is 0.678. The third-order valence-electron chi connectivity index (χ3n) is 1.18. The Bertz CT molecular complexity index is 102. The van der Waals surface area contributed by atoms with Crippen LogP contribution in [-0.4, -0.2) is 19.1 Å². The molecule has 0 saturated carbocycles. The molecular formula is C6H10N2. The van der Waals surface area contributed by atoms with Crippen molar-refractivity contribution < 1.29 is 0 Å². The van der Waals surface area contributed by atoms with Crippen LogP contribution in [0.4, 0.5) is 0 Å². The molecule has 0 saturated heterocycles. The molecular weight excluding hydrogens is 100 g/mol. The van der Waals surface area contributed by atoms with Crippen LogP contribution in [0.3, 0.4) is 0 Å². The summed E-state index contributed by atoms with van der Waals surface area (Å²) in [6, 6.07) is 0. The highest BCUT2D eigenvalue weighted by molar-refractivity contribution is 5.73. The Morgan fingerprint density at radius 1 is 1.62 bits per heavy atom. The molecule has 8 heavy (non-hydrogen) atoms. The molecule has 1 atom stereocenters. The minimum absolute atomic E-state index is 0.678. The Morgan fingerprint density at radius 3 is 3.38 bits per heavy atom. The fourth-order valence-corrected chi connectivity index (χ4v) is 0.637. The first-order valence-electron chi connectivity index (χ1n) is 2.89. The normalized spacial score (nSPS) is 27.9. The van der Waals surface area contributed by atoms with Crippen molar-refractivity contribution in [2.75, 3.05) is 6.54 Å². The average Bonchev–Trinajstić information content (AvgIpc) is 1.94. The molecule has 0 amide bonds. The monoisotopic (exact) mass is 110 g/mol. The van der Waals surface area contributed by atoms with E-state index in [1.54, 1.807) is 6.34 Å². The SMILES string of the molecule is C[C@H]1CC=NC=NC1. The Balaban J connectivity index is 2.45. The smallest absolute Gasteiger partial charge is 0.109 e. The van der Waals surface area contributed by atoms with Gasteiger partial charge in [0.2, 0.25) is 0 Å². The van der Waals surface area contributed by atoms with Crippen molar-refractivity contribution in [3.05, 3.63) is 0 Å².